The zero-order valence-electron chi connectivity index (χ0n) is 8.91. The van der Waals surface area contributed by atoms with Gasteiger partial charge in [-0.25, -0.2) is 9.50 Å². The highest BCUT2D eigenvalue weighted by atomic mass is 16.3. The normalized spacial score (nSPS) is 10.8. The fraction of sp³-hybridized carbons (Fsp3) is 0. The minimum Gasteiger partial charge on any atom is -0.508 e. The third-order valence-corrected chi connectivity index (χ3v) is 2.50. The van der Waals surface area contributed by atoms with Gasteiger partial charge in [0.2, 0.25) is 0 Å². The molecule has 0 saturated heterocycles. The van der Waals surface area contributed by atoms with Gasteiger partial charge in [-0.3, -0.25) is 0 Å². The summed E-state index contributed by atoms with van der Waals surface area (Å²) >= 11 is 0. The van der Waals surface area contributed by atoms with Crippen molar-refractivity contribution in [3.63, 3.8) is 0 Å². The van der Waals surface area contributed by atoms with Crippen molar-refractivity contribution in [1.29, 1.82) is 0 Å². The van der Waals surface area contributed by atoms with Crippen LogP contribution in [0, 0.1) is 0 Å². The highest BCUT2D eigenvalue weighted by molar-refractivity contribution is 5.64. The Morgan fingerprint density at radius 3 is 2.71 bits per heavy atom. The summed E-state index contributed by atoms with van der Waals surface area (Å²) in [5, 5.41) is 13.6. The van der Waals surface area contributed by atoms with Gasteiger partial charge in [-0.1, -0.05) is 0 Å². The summed E-state index contributed by atoms with van der Waals surface area (Å²) in [6, 6.07) is 8.73. The predicted molar refractivity (Wildman–Crippen MR) is 64.5 cm³/mol. The van der Waals surface area contributed by atoms with Crippen molar-refractivity contribution in [1.82, 2.24) is 14.6 Å². The molecule has 5 nitrogen and oxygen atoms in total. The summed E-state index contributed by atoms with van der Waals surface area (Å²) in [7, 11) is 0. The molecule has 3 rings (SSSR count). The molecule has 5 heteroatoms. The number of aromatic hydroxyl groups is 1. The number of nitrogen functional groups attached to an aromatic ring is 1. The first-order chi connectivity index (χ1) is 8.22. The molecule has 0 aliphatic heterocycles. The van der Waals surface area contributed by atoms with Crippen molar-refractivity contribution in [3.05, 3.63) is 42.7 Å². The first-order valence-corrected chi connectivity index (χ1v) is 5.13. The summed E-state index contributed by atoms with van der Waals surface area (Å²) in [4.78, 5) is 4.17. The fourth-order valence-electron chi connectivity index (χ4n) is 1.66. The average Bonchev–Trinajstić information content (AvgIpc) is 2.72. The summed E-state index contributed by atoms with van der Waals surface area (Å²) < 4.78 is 1.64. The van der Waals surface area contributed by atoms with Gasteiger partial charge in [-0.2, -0.15) is 5.10 Å². The maximum atomic E-state index is 9.23. The molecule has 0 bridgehead atoms. The Balaban J connectivity index is 2.14. The van der Waals surface area contributed by atoms with Gasteiger partial charge in [0.05, 0.1) is 23.8 Å². The van der Waals surface area contributed by atoms with Crippen molar-refractivity contribution in [2.24, 2.45) is 0 Å². The van der Waals surface area contributed by atoms with Crippen molar-refractivity contribution in [2.45, 2.75) is 0 Å². The SMILES string of the molecule is Nc1cnc2cc(-c3ccc(O)cc3)nn2c1. The number of hydrogen-bond acceptors (Lipinski definition) is 4. The van der Waals surface area contributed by atoms with Gasteiger partial charge in [-0.05, 0) is 24.3 Å². The molecule has 2 aromatic heterocycles. The maximum Gasteiger partial charge on any atom is 0.155 e. The Morgan fingerprint density at radius 2 is 1.94 bits per heavy atom. The number of phenols is 1. The molecule has 0 saturated carbocycles. The standard InChI is InChI=1S/C12H10N4O/c13-9-6-14-12-5-11(15-16(12)7-9)8-1-3-10(17)4-2-8/h1-7,17H,13H2. The van der Waals surface area contributed by atoms with E-state index in [2.05, 4.69) is 10.1 Å². The minimum atomic E-state index is 0.236. The minimum absolute atomic E-state index is 0.236. The molecule has 0 atom stereocenters. The van der Waals surface area contributed by atoms with E-state index in [4.69, 9.17) is 5.73 Å². The molecule has 3 aromatic rings. The number of aromatic nitrogens is 3. The third kappa shape index (κ3) is 1.67. The quantitative estimate of drug-likeness (QED) is 0.662. The average molecular weight is 226 g/mol. The van der Waals surface area contributed by atoms with E-state index in [1.807, 2.05) is 6.07 Å². The highest BCUT2D eigenvalue weighted by Crippen LogP contribution is 2.21. The second-order valence-electron chi connectivity index (χ2n) is 3.77. The zero-order valence-corrected chi connectivity index (χ0v) is 8.91. The molecular formula is C12H10N4O. The molecule has 0 fully saturated rings. The van der Waals surface area contributed by atoms with E-state index in [0.717, 1.165) is 16.9 Å². The van der Waals surface area contributed by atoms with E-state index < -0.39 is 0 Å². The molecule has 2 heterocycles. The lowest BCUT2D eigenvalue weighted by atomic mass is 10.1. The second-order valence-corrected chi connectivity index (χ2v) is 3.77. The lowest BCUT2D eigenvalue weighted by Gasteiger charge is -1.95. The Kier molecular flexibility index (Phi) is 1.98. The van der Waals surface area contributed by atoms with Crippen LogP contribution < -0.4 is 5.73 Å². The zero-order chi connectivity index (χ0) is 11.8. The number of nitrogens with two attached hydrogens (primary N) is 1. The summed E-state index contributed by atoms with van der Waals surface area (Å²) in [5.41, 5.74) is 8.66. The van der Waals surface area contributed by atoms with Crippen molar-refractivity contribution >= 4 is 11.3 Å². The van der Waals surface area contributed by atoms with Gasteiger partial charge >= 0.3 is 0 Å². The van der Waals surface area contributed by atoms with Crippen molar-refractivity contribution in [2.75, 3.05) is 5.73 Å². The number of rotatable bonds is 1. The first-order valence-electron chi connectivity index (χ1n) is 5.13. The molecule has 0 aliphatic rings. The van der Waals surface area contributed by atoms with Crippen LogP contribution in [-0.2, 0) is 0 Å². The van der Waals surface area contributed by atoms with E-state index in [1.54, 1.807) is 41.2 Å². The smallest absolute Gasteiger partial charge is 0.155 e. The van der Waals surface area contributed by atoms with E-state index in [9.17, 15) is 5.11 Å². The fourth-order valence-corrected chi connectivity index (χ4v) is 1.66. The summed E-state index contributed by atoms with van der Waals surface area (Å²) in [6.45, 7) is 0. The molecular weight excluding hydrogens is 216 g/mol. The summed E-state index contributed by atoms with van der Waals surface area (Å²) in [5.74, 6) is 0.236. The molecule has 0 aliphatic carbocycles. The van der Waals surface area contributed by atoms with Crippen LogP contribution in [0.15, 0.2) is 42.7 Å². The van der Waals surface area contributed by atoms with E-state index in [1.165, 1.54) is 0 Å². The predicted octanol–water partition coefficient (Wildman–Crippen LogP) is 1.68. The molecule has 0 unspecified atom stereocenters. The third-order valence-electron chi connectivity index (χ3n) is 2.50. The Labute approximate surface area is 97.1 Å². The van der Waals surface area contributed by atoms with Gasteiger partial charge in [0.1, 0.15) is 5.75 Å². The molecule has 17 heavy (non-hydrogen) atoms. The highest BCUT2D eigenvalue weighted by Gasteiger charge is 2.05. The molecule has 84 valence electrons. The van der Waals surface area contributed by atoms with Crippen molar-refractivity contribution < 1.29 is 5.11 Å². The number of fused-ring (bicyclic) bond motifs is 1. The van der Waals surface area contributed by atoms with E-state index in [0.29, 0.717) is 5.69 Å². The van der Waals surface area contributed by atoms with Gasteiger partial charge in [0.25, 0.3) is 0 Å². The van der Waals surface area contributed by atoms with Crippen LogP contribution in [0.25, 0.3) is 16.9 Å². The topological polar surface area (TPSA) is 76.4 Å². The van der Waals surface area contributed by atoms with Gasteiger partial charge < -0.3 is 10.8 Å². The lowest BCUT2D eigenvalue weighted by Crippen LogP contribution is -1.93. The molecule has 1 aromatic carbocycles. The Hall–Kier alpha value is -2.56. The van der Waals surface area contributed by atoms with Crippen LogP contribution in [0.1, 0.15) is 0 Å². The van der Waals surface area contributed by atoms with Crippen LogP contribution in [-0.4, -0.2) is 19.7 Å². The molecule has 0 spiro atoms. The second kappa shape index (κ2) is 3.48. The van der Waals surface area contributed by atoms with Crippen LogP contribution >= 0.6 is 0 Å². The number of nitrogens with zero attached hydrogens (tertiary/aromatic N) is 3. The lowest BCUT2D eigenvalue weighted by molar-refractivity contribution is 0.475. The van der Waals surface area contributed by atoms with Gasteiger partial charge in [0.15, 0.2) is 5.65 Å². The van der Waals surface area contributed by atoms with Gasteiger partial charge in [0, 0.05) is 11.6 Å². The van der Waals surface area contributed by atoms with Crippen LogP contribution in [0.3, 0.4) is 0 Å². The monoisotopic (exact) mass is 226 g/mol. The largest absolute Gasteiger partial charge is 0.508 e. The summed E-state index contributed by atoms with van der Waals surface area (Å²) in [6.07, 6.45) is 3.31. The van der Waals surface area contributed by atoms with E-state index >= 15 is 0 Å². The van der Waals surface area contributed by atoms with Crippen LogP contribution in [0.2, 0.25) is 0 Å². The van der Waals surface area contributed by atoms with Gasteiger partial charge in [-0.15, -0.1) is 0 Å². The van der Waals surface area contributed by atoms with Crippen molar-refractivity contribution in [3.8, 4) is 17.0 Å². The number of anilines is 1. The molecule has 0 radical (unpaired) electrons. The maximum absolute atomic E-state index is 9.23. The van der Waals surface area contributed by atoms with Crippen LogP contribution in [0.4, 0.5) is 5.69 Å². The van der Waals surface area contributed by atoms with E-state index in [-0.39, 0.29) is 5.75 Å². The Morgan fingerprint density at radius 1 is 1.18 bits per heavy atom. The number of phenolic OH excluding ortho intramolecular Hbond substituents is 1. The Bertz CT molecular complexity index is 673. The number of benzene rings is 1. The number of hydrogen-bond donors (Lipinski definition) is 2. The van der Waals surface area contributed by atoms with Crippen LogP contribution in [0.5, 0.6) is 5.75 Å². The molecule has 0 amide bonds. The molecule has 3 N–H and O–H groups in total. The first kappa shape index (κ1) is 9.65.